The molecule has 0 saturated carbocycles. The Hall–Kier alpha value is -3.64. The molecule has 7 heteroatoms. The molecule has 0 atom stereocenters. The van der Waals surface area contributed by atoms with Gasteiger partial charge in [-0.15, -0.1) is 10.2 Å². The van der Waals surface area contributed by atoms with Gasteiger partial charge in [0.1, 0.15) is 5.75 Å². The number of hydrogen-bond acceptors (Lipinski definition) is 4. The number of benzene rings is 3. The van der Waals surface area contributed by atoms with E-state index in [0.717, 1.165) is 11.1 Å². The standard InChI is InChI=1S/C23H18ClN3O3/c24-17-10-12-18(13-11-17)30-15-21(28)25-26-22-19-8-4-5-9-20(19)27(23(22)29)14-16-6-2-1-3-7-16/h1-13,29H,14-15H2. The van der Waals surface area contributed by atoms with Crippen LogP contribution in [0.25, 0.3) is 10.9 Å². The molecule has 0 fully saturated rings. The van der Waals surface area contributed by atoms with E-state index in [4.69, 9.17) is 16.3 Å². The first-order valence-corrected chi connectivity index (χ1v) is 9.66. The van der Waals surface area contributed by atoms with Gasteiger partial charge in [-0.25, -0.2) is 0 Å². The summed E-state index contributed by atoms with van der Waals surface area (Å²) >= 11 is 5.83. The lowest BCUT2D eigenvalue weighted by Gasteiger charge is -2.06. The van der Waals surface area contributed by atoms with Crippen LogP contribution in [0.1, 0.15) is 5.56 Å². The van der Waals surface area contributed by atoms with Crippen LogP contribution in [0.2, 0.25) is 5.02 Å². The van der Waals surface area contributed by atoms with E-state index in [-0.39, 0.29) is 18.2 Å². The molecule has 30 heavy (non-hydrogen) atoms. The topological polar surface area (TPSA) is 76.2 Å². The molecule has 0 bridgehead atoms. The Balaban J connectivity index is 1.55. The average Bonchev–Trinajstić information content (AvgIpc) is 3.03. The molecule has 0 aliphatic heterocycles. The van der Waals surface area contributed by atoms with Gasteiger partial charge in [0.25, 0.3) is 0 Å². The van der Waals surface area contributed by atoms with Gasteiger partial charge in [0.15, 0.2) is 12.3 Å². The molecule has 1 N–H and O–H groups in total. The minimum atomic E-state index is -0.566. The molecule has 0 saturated heterocycles. The lowest BCUT2D eigenvalue weighted by Crippen LogP contribution is -2.07. The molecular formula is C23H18ClN3O3. The maximum Gasteiger partial charge on any atom is 0.302 e. The van der Waals surface area contributed by atoms with Crippen molar-refractivity contribution in [1.82, 2.24) is 4.57 Å². The van der Waals surface area contributed by atoms with Crippen molar-refractivity contribution in [2.45, 2.75) is 6.54 Å². The molecule has 150 valence electrons. The van der Waals surface area contributed by atoms with Crippen LogP contribution < -0.4 is 4.74 Å². The van der Waals surface area contributed by atoms with Gasteiger partial charge in [-0.2, -0.15) is 0 Å². The molecule has 0 radical (unpaired) electrons. The van der Waals surface area contributed by atoms with Gasteiger partial charge < -0.3 is 14.4 Å². The van der Waals surface area contributed by atoms with Crippen molar-refractivity contribution in [3.8, 4) is 11.6 Å². The zero-order chi connectivity index (χ0) is 20.9. The first kappa shape index (κ1) is 19.7. The van der Waals surface area contributed by atoms with Crippen molar-refractivity contribution in [3.05, 3.63) is 89.4 Å². The fourth-order valence-electron chi connectivity index (χ4n) is 3.11. The highest BCUT2D eigenvalue weighted by atomic mass is 35.5. The van der Waals surface area contributed by atoms with Gasteiger partial charge in [0, 0.05) is 10.4 Å². The number of aromatic nitrogens is 1. The summed E-state index contributed by atoms with van der Waals surface area (Å²) in [5.74, 6) is -0.107. The molecule has 1 heterocycles. The van der Waals surface area contributed by atoms with Crippen molar-refractivity contribution in [3.63, 3.8) is 0 Å². The first-order chi connectivity index (χ1) is 14.6. The van der Waals surface area contributed by atoms with Crippen LogP contribution in [-0.2, 0) is 11.3 Å². The van der Waals surface area contributed by atoms with Crippen LogP contribution in [0.4, 0.5) is 5.69 Å². The summed E-state index contributed by atoms with van der Waals surface area (Å²) in [6.45, 7) is 0.199. The van der Waals surface area contributed by atoms with Crippen molar-refractivity contribution >= 4 is 34.1 Å². The van der Waals surface area contributed by atoms with Crippen molar-refractivity contribution in [1.29, 1.82) is 0 Å². The number of fused-ring (bicyclic) bond motifs is 1. The van der Waals surface area contributed by atoms with Gasteiger partial charge in [0.05, 0.1) is 12.1 Å². The first-order valence-electron chi connectivity index (χ1n) is 9.29. The van der Waals surface area contributed by atoms with Gasteiger partial charge in [-0.3, -0.25) is 4.79 Å². The van der Waals surface area contributed by atoms with Gasteiger partial charge in [-0.1, -0.05) is 60.1 Å². The molecule has 1 amide bonds. The summed E-state index contributed by atoms with van der Waals surface area (Å²) < 4.78 is 7.13. The monoisotopic (exact) mass is 419 g/mol. The number of amides is 1. The Kier molecular flexibility index (Phi) is 5.77. The van der Waals surface area contributed by atoms with Crippen LogP contribution in [-0.4, -0.2) is 22.2 Å². The van der Waals surface area contributed by atoms with E-state index in [1.807, 2.05) is 54.6 Å². The van der Waals surface area contributed by atoms with E-state index in [0.29, 0.717) is 22.7 Å². The number of nitrogens with zero attached hydrogens (tertiary/aromatic N) is 3. The van der Waals surface area contributed by atoms with E-state index in [2.05, 4.69) is 10.2 Å². The maximum absolute atomic E-state index is 12.1. The molecule has 3 aromatic carbocycles. The Labute approximate surface area is 178 Å². The zero-order valence-corrected chi connectivity index (χ0v) is 16.7. The zero-order valence-electron chi connectivity index (χ0n) is 15.9. The molecule has 1 aromatic heterocycles. The second-order valence-corrected chi connectivity index (χ2v) is 7.03. The summed E-state index contributed by atoms with van der Waals surface area (Å²) in [5, 5.41) is 19.8. The summed E-state index contributed by atoms with van der Waals surface area (Å²) in [7, 11) is 0. The third-order valence-corrected chi connectivity index (χ3v) is 4.79. The Morgan fingerprint density at radius 3 is 2.43 bits per heavy atom. The Morgan fingerprint density at radius 2 is 1.67 bits per heavy atom. The number of hydrogen-bond donors (Lipinski definition) is 1. The molecule has 6 nitrogen and oxygen atoms in total. The number of carbonyl (C=O) groups is 1. The smallest absolute Gasteiger partial charge is 0.302 e. The highest BCUT2D eigenvalue weighted by molar-refractivity contribution is 6.30. The van der Waals surface area contributed by atoms with Gasteiger partial charge in [0.2, 0.25) is 5.88 Å². The number of halogens is 1. The summed E-state index contributed by atoms with van der Waals surface area (Å²) in [5.41, 5.74) is 2.09. The second kappa shape index (κ2) is 8.80. The fourth-order valence-corrected chi connectivity index (χ4v) is 3.23. The third-order valence-electron chi connectivity index (χ3n) is 4.54. The molecule has 0 spiro atoms. The van der Waals surface area contributed by atoms with Crippen molar-refractivity contribution < 1.29 is 14.6 Å². The normalized spacial score (nSPS) is 11.2. The molecular weight excluding hydrogens is 402 g/mol. The maximum atomic E-state index is 12.1. The molecule has 0 aliphatic rings. The van der Waals surface area contributed by atoms with Gasteiger partial charge in [-0.05, 0) is 35.9 Å². The van der Waals surface area contributed by atoms with Crippen LogP contribution in [0, 0.1) is 0 Å². The molecule has 4 aromatic rings. The van der Waals surface area contributed by atoms with E-state index >= 15 is 0 Å². The molecule has 0 unspecified atom stereocenters. The highest BCUT2D eigenvalue weighted by Gasteiger charge is 2.17. The van der Waals surface area contributed by atoms with Crippen LogP contribution in [0.15, 0.2) is 89.1 Å². The van der Waals surface area contributed by atoms with Crippen molar-refractivity contribution in [2.75, 3.05) is 6.61 Å². The quantitative estimate of drug-likeness (QED) is 0.405. The summed E-state index contributed by atoms with van der Waals surface area (Å²) in [6, 6.07) is 23.9. The number of rotatable bonds is 6. The average molecular weight is 420 g/mol. The summed E-state index contributed by atoms with van der Waals surface area (Å²) in [4.78, 5) is 12.1. The number of azo groups is 1. The minimum Gasteiger partial charge on any atom is -0.493 e. The SMILES string of the molecule is O=C(COc1ccc(Cl)cc1)N=Nc1c(O)n(Cc2ccccc2)c2ccccc12. The predicted octanol–water partition coefficient (Wildman–Crippen LogP) is 5.74. The third kappa shape index (κ3) is 4.34. The van der Waals surface area contributed by atoms with E-state index in [9.17, 15) is 9.90 Å². The van der Waals surface area contributed by atoms with Crippen LogP contribution in [0.3, 0.4) is 0 Å². The number of para-hydroxylation sites is 1. The number of carbonyl (C=O) groups excluding carboxylic acids is 1. The van der Waals surface area contributed by atoms with E-state index in [1.165, 1.54) is 0 Å². The largest absolute Gasteiger partial charge is 0.493 e. The Bertz CT molecular complexity index is 1200. The van der Waals surface area contributed by atoms with E-state index in [1.54, 1.807) is 28.8 Å². The summed E-state index contributed by atoms with van der Waals surface area (Å²) in [6.07, 6.45) is 0. The van der Waals surface area contributed by atoms with E-state index < -0.39 is 5.91 Å². The number of aromatic hydroxyl groups is 1. The molecule has 4 rings (SSSR count). The van der Waals surface area contributed by atoms with Crippen molar-refractivity contribution in [2.24, 2.45) is 10.2 Å². The second-order valence-electron chi connectivity index (χ2n) is 6.60. The number of ether oxygens (including phenoxy) is 1. The Morgan fingerprint density at radius 1 is 0.967 bits per heavy atom. The minimum absolute atomic E-state index is 0.0461. The lowest BCUT2D eigenvalue weighted by molar-refractivity contribution is -0.120. The highest BCUT2D eigenvalue weighted by Crippen LogP contribution is 2.39. The fraction of sp³-hybridized carbons (Fsp3) is 0.0870. The van der Waals surface area contributed by atoms with Crippen LogP contribution in [0.5, 0.6) is 11.6 Å². The van der Waals surface area contributed by atoms with Gasteiger partial charge >= 0.3 is 5.91 Å². The molecule has 0 aliphatic carbocycles. The lowest BCUT2D eigenvalue weighted by atomic mass is 10.2. The van der Waals surface area contributed by atoms with Crippen LogP contribution >= 0.6 is 11.6 Å². The predicted molar refractivity (Wildman–Crippen MR) is 116 cm³/mol.